The van der Waals surface area contributed by atoms with E-state index >= 15 is 0 Å². The Kier molecular flexibility index (Phi) is 3.61. The Morgan fingerprint density at radius 1 is 1.47 bits per heavy atom. The molecular formula is C10H12N6S. The minimum absolute atomic E-state index is 0.353. The Balaban J connectivity index is 1.85. The van der Waals surface area contributed by atoms with E-state index < -0.39 is 0 Å². The molecule has 0 saturated heterocycles. The van der Waals surface area contributed by atoms with E-state index in [1.165, 1.54) is 0 Å². The SMILES string of the molecule is NC(=S)c1ccc(NCCn2ccnn2)nc1. The second-order valence-electron chi connectivity index (χ2n) is 3.39. The van der Waals surface area contributed by atoms with Crippen LogP contribution in [0.1, 0.15) is 5.56 Å². The number of thiocarbonyl (C=S) groups is 1. The van der Waals surface area contributed by atoms with Crippen molar-refractivity contribution in [3.05, 3.63) is 36.3 Å². The number of rotatable bonds is 5. The molecule has 0 spiro atoms. The van der Waals surface area contributed by atoms with E-state index in [0.29, 0.717) is 4.99 Å². The molecule has 0 aliphatic heterocycles. The molecule has 2 aromatic heterocycles. The quantitative estimate of drug-likeness (QED) is 0.746. The highest BCUT2D eigenvalue weighted by Crippen LogP contribution is 2.04. The molecule has 6 nitrogen and oxygen atoms in total. The molecule has 0 atom stereocenters. The van der Waals surface area contributed by atoms with Crippen molar-refractivity contribution in [2.75, 3.05) is 11.9 Å². The first-order valence-corrected chi connectivity index (χ1v) is 5.50. The number of hydrogen-bond acceptors (Lipinski definition) is 5. The van der Waals surface area contributed by atoms with Gasteiger partial charge in [-0.15, -0.1) is 5.10 Å². The molecule has 0 aliphatic rings. The zero-order valence-electron chi connectivity index (χ0n) is 9.08. The molecule has 0 aromatic carbocycles. The number of nitrogens with one attached hydrogen (secondary N) is 1. The molecule has 2 rings (SSSR count). The van der Waals surface area contributed by atoms with Crippen molar-refractivity contribution in [2.24, 2.45) is 5.73 Å². The number of nitrogens with zero attached hydrogens (tertiary/aromatic N) is 4. The lowest BCUT2D eigenvalue weighted by Gasteiger charge is -2.05. The Morgan fingerprint density at radius 3 is 2.94 bits per heavy atom. The Hall–Kier alpha value is -2.02. The van der Waals surface area contributed by atoms with Crippen LogP contribution in [-0.4, -0.2) is 31.5 Å². The lowest BCUT2D eigenvalue weighted by molar-refractivity contribution is 0.608. The number of aromatic nitrogens is 4. The fourth-order valence-electron chi connectivity index (χ4n) is 1.29. The maximum Gasteiger partial charge on any atom is 0.125 e. The molecule has 2 aromatic rings. The summed E-state index contributed by atoms with van der Waals surface area (Å²) < 4.78 is 1.75. The van der Waals surface area contributed by atoms with E-state index in [2.05, 4.69) is 20.6 Å². The molecule has 17 heavy (non-hydrogen) atoms. The first-order valence-electron chi connectivity index (χ1n) is 5.09. The van der Waals surface area contributed by atoms with Gasteiger partial charge in [-0.1, -0.05) is 17.4 Å². The Labute approximate surface area is 104 Å². The van der Waals surface area contributed by atoms with Gasteiger partial charge in [-0.05, 0) is 12.1 Å². The molecule has 3 N–H and O–H groups in total. The minimum Gasteiger partial charge on any atom is -0.389 e. The van der Waals surface area contributed by atoms with Gasteiger partial charge in [0, 0.05) is 24.5 Å². The number of anilines is 1. The van der Waals surface area contributed by atoms with Gasteiger partial charge >= 0.3 is 0 Å². The van der Waals surface area contributed by atoms with Gasteiger partial charge in [0.1, 0.15) is 10.8 Å². The van der Waals surface area contributed by atoms with Crippen molar-refractivity contribution in [1.29, 1.82) is 0 Å². The van der Waals surface area contributed by atoms with Gasteiger partial charge in [-0.25, -0.2) is 4.98 Å². The molecule has 88 valence electrons. The molecule has 0 fully saturated rings. The van der Waals surface area contributed by atoms with E-state index in [1.807, 2.05) is 18.3 Å². The molecule has 0 aliphatic carbocycles. The van der Waals surface area contributed by atoms with E-state index in [1.54, 1.807) is 17.1 Å². The average molecular weight is 248 g/mol. The van der Waals surface area contributed by atoms with Gasteiger partial charge in [-0.3, -0.25) is 4.68 Å². The lowest BCUT2D eigenvalue weighted by atomic mass is 10.3. The second kappa shape index (κ2) is 5.35. The molecular weight excluding hydrogens is 236 g/mol. The number of nitrogens with two attached hydrogens (primary N) is 1. The van der Waals surface area contributed by atoms with E-state index in [4.69, 9.17) is 18.0 Å². The van der Waals surface area contributed by atoms with Crippen molar-refractivity contribution in [2.45, 2.75) is 6.54 Å². The molecule has 0 amide bonds. The highest BCUT2D eigenvalue weighted by atomic mass is 32.1. The standard InChI is InChI=1S/C10H12N6S/c11-10(17)8-1-2-9(13-7-8)12-3-5-16-6-4-14-15-16/h1-2,4,6-7H,3,5H2,(H2,11,17)(H,12,13). The first kappa shape index (κ1) is 11.5. The summed E-state index contributed by atoms with van der Waals surface area (Å²) in [5, 5.41) is 10.7. The molecule has 0 saturated carbocycles. The van der Waals surface area contributed by atoms with Crippen LogP contribution in [0.5, 0.6) is 0 Å². The van der Waals surface area contributed by atoms with Crippen molar-refractivity contribution in [1.82, 2.24) is 20.0 Å². The van der Waals surface area contributed by atoms with Crippen LogP contribution in [0.2, 0.25) is 0 Å². The smallest absolute Gasteiger partial charge is 0.125 e. The molecule has 7 heteroatoms. The topological polar surface area (TPSA) is 81.6 Å². The summed E-state index contributed by atoms with van der Waals surface area (Å²) in [6.45, 7) is 1.46. The Morgan fingerprint density at radius 2 is 2.35 bits per heavy atom. The third kappa shape index (κ3) is 3.22. The third-order valence-electron chi connectivity index (χ3n) is 2.17. The molecule has 0 bridgehead atoms. The predicted octanol–water partition coefficient (Wildman–Crippen LogP) is 0.419. The zero-order chi connectivity index (χ0) is 12.1. The molecule has 0 radical (unpaired) electrons. The maximum absolute atomic E-state index is 5.48. The normalized spacial score (nSPS) is 10.1. The number of pyridine rings is 1. The maximum atomic E-state index is 5.48. The molecule has 2 heterocycles. The summed E-state index contributed by atoms with van der Waals surface area (Å²) in [5.41, 5.74) is 6.25. The average Bonchev–Trinajstić information content (AvgIpc) is 2.83. The van der Waals surface area contributed by atoms with Crippen LogP contribution in [0.4, 0.5) is 5.82 Å². The minimum atomic E-state index is 0.353. The monoisotopic (exact) mass is 248 g/mol. The first-order chi connectivity index (χ1) is 8.25. The van der Waals surface area contributed by atoms with Crippen LogP contribution in [0.3, 0.4) is 0 Å². The van der Waals surface area contributed by atoms with Crippen molar-refractivity contribution in [3.63, 3.8) is 0 Å². The zero-order valence-corrected chi connectivity index (χ0v) is 9.89. The van der Waals surface area contributed by atoms with Crippen LogP contribution in [0.15, 0.2) is 30.7 Å². The summed E-state index contributed by atoms with van der Waals surface area (Å²) in [7, 11) is 0. The van der Waals surface area contributed by atoms with Gasteiger partial charge in [0.25, 0.3) is 0 Å². The summed E-state index contributed by atoms with van der Waals surface area (Å²) in [5.74, 6) is 0.783. The van der Waals surface area contributed by atoms with Crippen molar-refractivity contribution < 1.29 is 0 Å². The van der Waals surface area contributed by atoms with Gasteiger partial charge < -0.3 is 11.1 Å². The van der Waals surface area contributed by atoms with Crippen LogP contribution >= 0.6 is 12.2 Å². The number of hydrogen-bond donors (Lipinski definition) is 2. The predicted molar refractivity (Wildman–Crippen MR) is 68.6 cm³/mol. The fourth-order valence-corrected chi connectivity index (χ4v) is 1.42. The highest BCUT2D eigenvalue weighted by Gasteiger charge is 1.98. The third-order valence-corrected chi connectivity index (χ3v) is 2.40. The highest BCUT2D eigenvalue weighted by molar-refractivity contribution is 7.80. The van der Waals surface area contributed by atoms with E-state index in [-0.39, 0.29) is 0 Å². The summed E-state index contributed by atoms with van der Waals surface area (Å²) in [4.78, 5) is 4.55. The second-order valence-corrected chi connectivity index (χ2v) is 3.83. The summed E-state index contributed by atoms with van der Waals surface area (Å²) >= 11 is 4.85. The van der Waals surface area contributed by atoms with Crippen LogP contribution in [-0.2, 0) is 6.54 Å². The Bertz CT molecular complexity index is 478. The van der Waals surface area contributed by atoms with Crippen LogP contribution in [0.25, 0.3) is 0 Å². The summed E-state index contributed by atoms with van der Waals surface area (Å²) in [6.07, 6.45) is 5.11. The van der Waals surface area contributed by atoms with Crippen molar-refractivity contribution >= 4 is 23.0 Å². The van der Waals surface area contributed by atoms with Gasteiger partial charge in [0.05, 0.1) is 12.7 Å². The van der Waals surface area contributed by atoms with Gasteiger partial charge in [0.2, 0.25) is 0 Å². The molecule has 0 unspecified atom stereocenters. The largest absolute Gasteiger partial charge is 0.389 e. The van der Waals surface area contributed by atoms with E-state index in [9.17, 15) is 0 Å². The van der Waals surface area contributed by atoms with Crippen LogP contribution < -0.4 is 11.1 Å². The fraction of sp³-hybridized carbons (Fsp3) is 0.200. The lowest BCUT2D eigenvalue weighted by Crippen LogP contribution is -2.13. The van der Waals surface area contributed by atoms with Gasteiger partial charge in [0.15, 0.2) is 0 Å². The summed E-state index contributed by atoms with van der Waals surface area (Å²) in [6, 6.07) is 3.68. The van der Waals surface area contributed by atoms with Crippen LogP contribution in [0, 0.1) is 0 Å². The van der Waals surface area contributed by atoms with E-state index in [0.717, 1.165) is 24.5 Å². The van der Waals surface area contributed by atoms with Crippen molar-refractivity contribution in [3.8, 4) is 0 Å². The van der Waals surface area contributed by atoms with Gasteiger partial charge in [-0.2, -0.15) is 0 Å².